The first kappa shape index (κ1) is 11.5. The molecule has 1 aliphatic rings. The van der Waals surface area contributed by atoms with Crippen LogP contribution in [0.5, 0.6) is 0 Å². The van der Waals surface area contributed by atoms with E-state index in [4.69, 9.17) is 5.11 Å². The monoisotopic (exact) mass is 200 g/mol. The highest BCUT2D eigenvalue weighted by atomic mass is 16.3. The Hall–Kier alpha value is -0.610. The normalized spacial score (nSPS) is 17.3. The van der Waals surface area contributed by atoms with Crippen molar-refractivity contribution in [3.63, 3.8) is 0 Å². The van der Waals surface area contributed by atoms with E-state index in [0.717, 1.165) is 19.6 Å². The Bertz CT molecular complexity index is 189. The molecular formula is C10H20N2O2. The van der Waals surface area contributed by atoms with Crippen molar-refractivity contribution in [2.45, 2.75) is 26.3 Å². The molecule has 0 aromatic rings. The summed E-state index contributed by atoms with van der Waals surface area (Å²) >= 11 is 0. The zero-order chi connectivity index (χ0) is 10.6. The molecule has 1 saturated heterocycles. The van der Waals surface area contributed by atoms with Gasteiger partial charge in [-0.3, -0.25) is 4.79 Å². The van der Waals surface area contributed by atoms with Crippen LogP contribution in [0.3, 0.4) is 0 Å². The minimum Gasteiger partial charge on any atom is -0.396 e. The molecule has 4 nitrogen and oxygen atoms in total. The van der Waals surface area contributed by atoms with Gasteiger partial charge < -0.3 is 15.3 Å². The third-order valence-corrected chi connectivity index (χ3v) is 2.46. The van der Waals surface area contributed by atoms with E-state index in [1.165, 1.54) is 0 Å². The molecule has 0 aromatic carbocycles. The third kappa shape index (κ3) is 3.27. The topological polar surface area (TPSA) is 52.6 Å². The van der Waals surface area contributed by atoms with Gasteiger partial charge in [0.25, 0.3) is 0 Å². The molecule has 0 bridgehead atoms. The number of amides is 1. The van der Waals surface area contributed by atoms with Crippen molar-refractivity contribution in [3.05, 3.63) is 0 Å². The van der Waals surface area contributed by atoms with Crippen LogP contribution in [0, 0.1) is 5.92 Å². The number of hydrogen-bond acceptors (Lipinski definition) is 3. The van der Waals surface area contributed by atoms with E-state index < -0.39 is 0 Å². The van der Waals surface area contributed by atoms with Gasteiger partial charge in [-0.2, -0.15) is 0 Å². The molecular weight excluding hydrogens is 180 g/mol. The zero-order valence-corrected chi connectivity index (χ0v) is 8.99. The molecule has 2 N–H and O–H groups in total. The molecule has 1 aliphatic heterocycles. The molecule has 0 aromatic heterocycles. The van der Waals surface area contributed by atoms with Crippen LogP contribution in [0.1, 0.15) is 20.3 Å². The maximum absolute atomic E-state index is 11.5. The van der Waals surface area contributed by atoms with Crippen molar-refractivity contribution in [3.8, 4) is 0 Å². The largest absolute Gasteiger partial charge is 0.396 e. The minimum absolute atomic E-state index is 0.197. The lowest BCUT2D eigenvalue weighted by Gasteiger charge is -2.38. The number of rotatable bonds is 5. The Morgan fingerprint density at radius 1 is 1.57 bits per heavy atom. The van der Waals surface area contributed by atoms with E-state index >= 15 is 0 Å². The maximum atomic E-state index is 11.5. The van der Waals surface area contributed by atoms with Crippen molar-refractivity contribution >= 4 is 5.91 Å². The van der Waals surface area contributed by atoms with Gasteiger partial charge in [-0.15, -0.1) is 0 Å². The average Bonchev–Trinajstić information content (AvgIpc) is 2.01. The van der Waals surface area contributed by atoms with Crippen LogP contribution in [0.4, 0.5) is 0 Å². The predicted molar refractivity (Wildman–Crippen MR) is 54.9 cm³/mol. The number of aliphatic hydroxyl groups excluding tert-OH is 1. The van der Waals surface area contributed by atoms with E-state index in [-0.39, 0.29) is 12.5 Å². The Morgan fingerprint density at radius 2 is 2.21 bits per heavy atom. The summed E-state index contributed by atoms with van der Waals surface area (Å²) in [5, 5.41) is 12.0. The van der Waals surface area contributed by atoms with Crippen molar-refractivity contribution in [1.29, 1.82) is 0 Å². The van der Waals surface area contributed by atoms with Crippen molar-refractivity contribution in [2.24, 2.45) is 5.92 Å². The smallest absolute Gasteiger partial charge is 0.223 e. The fourth-order valence-electron chi connectivity index (χ4n) is 1.51. The first-order chi connectivity index (χ1) is 6.63. The molecule has 82 valence electrons. The summed E-state index contributed by atoms with van der Waals surface area (Å²) in [6.45, 7) is 6.55. The highest BCUT2D eigenvalue weighted by Gasteiger charge is 2.29. The molecule has 0 spiro atoms. The van der Waals surface area contributed by atoms with E-state index in [9.17, 15) is 4.79 Å². The number of hydrogen-bond donors (Lipinski definition) is 2. The summed E-state index contributed by atoms with van der Waals surface area (Å²) < 4.78 is 0. The standard InChI is InChI=1S/C10H20N2O2/c1-8(2)11-4-3-10(14)12-5-9(6-12)7-13/h8-9,11,13H,3-7H2,1-2H3. The molecule has 1 rings (SSSR count). The number of carbonyl (C=O) groups excluding carboxylic acids is 1. The van der Waals surface area contributed by atoms with Crippen LogP contribution >= 0.6 is 0 Å². The second-order valence-electron chi connectivity index (χ2n) is 4.21. The van der Waals surface area contributed by atoms with Gasteiger partial charge >= 0.3 is 0 Å². The second-order valence-corrected chi connectivity index (χ2v) is 4.21. The number of carbonyl (C=O) groups is 1. The zero-order valence-electron chi connectivity index (χ0n) is 8.99. The highest BCUT2D eigenvalue weighted by Crippen LogP contribution is 2.15. The first-order valence-electron chi connectivity index (χ1n) is 5.25. The molecule has 0 atom stereocenters. The van der Waals surface area contributed by atoms with Crippen LogP contribution in [0.2, 0.25) is 0 Å². The van der Waals surface area contributed by atoms with Gasteiger partial charge in [0.15, 0.2) is 0 Å². The highest BCUT2D eigenvalue weighted by molar-refractivity contribution is 5.77. The van der Waals surface area contributed by atoms with Crippen LogP contribution in [-0.4, -0.2) is 48.2 Å². The summed E-state index contributed by atoms with van der Waals surface area (Å²) in [5.41, 5.74) is 0. The molecule has 1 heterocycles. The van der Waals surface area contributed by atoms with Gasteiger partial charge in [-0.25, -0.2) is 0 Å². The molecule has 0 saturated carbocycles. The quantitative estimate of drug-likeness (QED) is 0.647. The summed E-state index contributed by atoms with van der Waals surface area (Å²) in [4.78, 5) is 13.3. The molecule has 0 unspecified atom stereocenters. The fourth-order valence-corrected chi connectivity index (χ4v) is 1.51. The van der Waals surface area contributed by atoms with Crippen molar-refractivity contribution in [2.75, 3.05) is 26.2 Å². The summed E-state index contributed by atoms with van der Waals surface area (Å²) in [5.74, 6) is 0.514. The number of nitrogens with one attached hydrogen (secondary N) is 1. The fraction of sp³-hybridized carbons (Fsp3) is 0.900. The predicted octanol–water partition coefficient (Wildman–Crippen LogP) is -0.175. The van der Waals surface area contributed by atoms with E-state index in [2.05, 4.69) is 19.2 Å². The Kier molecular flexibility index (Phi) is 4.35. The van der Waals surface area contributed by atoms with Gasteiger partial charge in [0.2, 0.25) is 5.91 Å². The van der Waals surface area contributed by atoms with Crippen LogP contribution < -0.4 is 5.32 Å². The maximum Gasteiger partial charge on any atom is 0.223 e. The second kappa shape index (κ2) is 5.32. The van der Waals surface area contributed by atoms with E-state index in [0.29, 0.717) is 18.4 Å². The number of aliphatic hydroxyl groups is 1. The lowest BCUT2D eigenvalue weighted by Crippen LogP contribution is -2.51. The SMILES string of the molecule is CC(C)NCCC(=O)N1CC(CO)C1. The molecule has 1 amide bonds. The molecule has 0 aliphatic carbocycles. The average molecular weight is 200 g/mol. The lowest BCUT2D eigenvalue weighted by atomic mass is 10.0. The van der Waals surface area contributed by atoms with Crippen molar-refractivity contribution in [1.82, 2.24) is 10.2 Å². The Morgan fingerprint density at radius 3 is 2.71 bits per heavy atom. The van der Waals surface area contributed by atoms with Gasteiger partial charge in [0, 0.05) is 44.6 Å². The Balaban J connectivity index is 2.06. The molecule has 4 heteroatoms. The van der Waals surface area contributed by atoms with Crippen LogP contribution in [0.25, 0.3) is 0 Å². The molecule has 14 heavy (non-hydrogen) atoms. The lowest BCUT2D eigenvalue weighted by molar-refractivity contribution is -0.138. The van der Waals surface area contributed by atoms with E-state index in [1.807, 2.05) is 4.90 Å². The van der Waals surface area contributed by atoms with E-state index in [1.54, 1.807) is 0 Å². The van der Waals surface area contributed by atoms with Crippen molar-refractivity contribution < 1.29 is 9.90 Å². The van der Waals surface area contributed by atoms with Gasteiger partial charge in [0.05, 0.1) is 0 Å². The number of likely N-dealkylation sites (tertiary alicyclic amines) is 1. The molecule has 0 radical (unpaired) electrons. The first-order valence-corrected chi connectivity index (χ1v) is 5.25. The van der Waals surface area contributed by atoms with Gasteiger partial charge in [-0.1, -0.05) is 13.8 Å². The van der Waals surface area contributed by atoms with Crippen LogP contribution in [0.15, 0.2) is 0 Å². The Labute approximate surface area is 85.3 Å². The minimum atomic E-state index is 0.197. The van der Waals surface area contributed by atoms with Gasteiger partial charge in [0.1, 0.15) is 0 Å². The summed E-state index contributed by atoms with van der Waals surface area (Å²) in [6.07, 6.45) is 0.566. The summed E-state index contributed by atoms with van der Waals surface area (Å²) in [7, 11) is 0. The van der Waals surface area contributed by atoms with Gasteiger partial charge in [-0.05, 0) is 0 Å². The number of nitrogens with zero attached hydrogens (tertiary/aromatic N) is 1. The third-order valence-electron chi connectivity index (χ3n) is 2.46. The summed E-state index contributed by atoms with van der Waals surface area (Å²) in [6, 6.07) is 0.435. The van der Waals surface area contributed by atoms with Crippen LogP contribution in [-0.2, 0) is 4.79 Å². The molecule has 1 fully saturated rings.